The van der Waals surface area contributed by atoms with Gasteiger partial charge in [-0.25, -0.2) is 0 Å². The van der Waals surface area contributed by atoms with Crippen LogP contribution in [0.2, 0.25) is 5.02 Å². The second kappa shape index (κ2) is 8.64. The molecule has 1 aromatic carbocycles. The van der Waals surface area contributed by atoms with Crippen LogP contribution in [0.25, 0.3) is 0 Å². The zero-order valence-electron chi connectivity index (χ0n) is 10.4. The zero-order chi connectivity index (χ0) is 12.8. The fourth-order valence-corrected chi connectivity index (χ4v) is 2.36. The summed E-state index contributed by atoms with van der Waals surface area (Å²) in [5.74, 6) is -0.0830. The molecule has 0 atom stereocenters. The predicted molar refractivity (Wildman–Crippen MR) is 82.0 cm³/mol. The molecular formula is C12H18Cl2N2OS. The van der Waals surface area contributed by atoms with Gasteiger partial charge in [0.25, 0.3) is 0 Å². The lowest BCUT2D eigenvalue weighted by molar-refractivity contribution is -0.116. The van der Waals surface area contributed by atoms with Crippen molar-refractivity contribution in [3.63, 3.8) is 0 Å². The van der Waals surface area contributed by atoms with Gasteiger partial charge in [-0.15, -0.1) is 24.2 Å². The highest BCUT2D eigenvalue weighted by Crippen LogP contribution is 2.32. The van der Waals surface area contributed by atoms with Gasteiger partial charge in [0, 0.05) is 28.1 Å². The van der Waals surface area contributed by atoms with Crippen molar-refractivity contribution in [2.24, 2.45) is 5.73 Å². The van der Waals surface area contributed by atoms with E-state index in [1.807, 2.05) is 12.1 Å². The van der Waals surface area contributed by atoms with Crippen LogP contribution in [0, 0.1) is 0 Å². The summed E-state index contributed by atoms with van der Waals surface area (Å²) >= 11 is 7.62. The van der Waals surface area contributed by atoms with E-state index in [0.29, 0.717) is 23.2 Å². The number of thioether (sulfide) groups is 1. The largest absolute Gasteiger partial charge is 0.330 e. The highest BCUT2D eigenvalue weighted by molar-refractivity contribution is 8.00. The van der Waals surface area contributed by atoms with Gasteiger partial charge in [-0.1, -0.05) is 25.4 Å². The SMILES string of the molecule is CC(C)Sc1ccc(Cl)cc1NC(=O)CCN.Cl. The Morgan fingerprint density at radius 1 is 1.50 bits per heavy atom. The molecule has 1 rings (SSSR count). The lowest BCUT2D eigenvalue weighted by Gasteiger charge is -2.12. The Bertz CT molecular complexity index is 400. The minimum Gasteiger partial charge on any atom is -0.330 e. The maximum absolute atomic E-state index is 11.5. The summed E-state index contributed by atoms with van der Waals surface area (Å²) < 4.78 is 0. The Balaban J connectivity index is 0.00000289. The molecule has 0 heterocycles. The van der Waals surface area contributed by atoms with Crippen LogP contribution < -0.4 is 11.1 Å². The normalized spacial score (nSPS) is 10.1. The number of amides is 1. The number of carbonyl (C=O) groups is 1. The lowest BCUT2D eigenvalue weighted by Crippen LogP contribution is -2.16. The van der Waals surface area contributed by atoms with Gasteiger partial charge in [-0.05, 0) is 18.2 Å². The molecule has 102 valence electrons. The van der Waals surface area contributed by atoms with Gasteiger partial charge in [-0.3, -0.25) is 4.79 Å². The Morgan fingerprint density at radius 3 is 2.72 bits per heavy atom. The maximum atomic E-state index is 11.5. The van der Waals surface area contributed by atoms with Crippen molar-refractivity contribution in [1.29, 1.82) is 0 Å². The molecule has 3 nitrogen and oxygen atoms in total. The molecule has 0 unspecified atom stereocenters. The third kappa shape index (κ3) is 5.96. The van der Waals surface area contributed by atoms with Crippen molar-refractivity contribution in [3.05, 3.63) is 23.2 Å². The summed E-state index contributed by atoms with van der Waals surface area (Å²) in [5, 5.41) is 3.89. The molecule has 0 aliphatic carbocycles. The van der Waals surface area contributed by atoms with E-state index in [0.717, 1.165) is 10.6 Å². The molecule has 0 bridgehead atoms. The average molecular weight is 309 g/mol. The van der Waals surface area contributed by atoms with E-state index in [1.165, 1.54) is 0 Å². The van der Waals surface area contributed by atoms with Crippen LogP contribution in [-0.2, 0) is 4.79 Å². The van der Waals surface area contributed by atoms with Gasteiger partial charge in [0.15, 0.2) is 0 Å². The van der Waals surface area contributed by atoms with Crippen LogP contribution in [0.5, 0.6) is 0 Å². The molecule has 0 saturated heterocycles. The molecule has 0 fully saturated rings. The monoisotopic (exact) mass is 308 g/mol. The number of nitrogens with two attached hydrogens (primary N) is 1. The molecule has 1 amide bonds. The van der Waals surface area contributed by atoms with E-state index >= 15 is 0 Å². The summed E-state index contributed by atoms with van der Waals surface area (Å²) in [4.78, 5) is 12.5. The van der Waals surface area contributed by atoms with E-state index in [9.17, 15) is 4.79 Å². The lowest BCUT2D eigenvalue weighted by atomic mass is 10.3. The van der Waals surface area contributed by atoms with Crippen molar-refractivity contribution in [3.8, 4) is 0 Å². The highest BCUT2D eigenvalue weighted by Gasteiger charge is 2.09. The maximum Gasteiger partial charge on any atom is 0.225 e. The van der Waals surface area contributed by atoms with Crippen molar-refractivity contribution < 1.29 is 4.79 Å². The second-order valence-corrected chi connectivity index (χ2v) is 5.95. The van der Waals surface area contributed by atoms with Gasteiger partial charge in [0.1, 0.15) is 0 Å². The number of rotatable bonds is 5. The molecule has 0 saturated carbocycles. The summed E-state index contributed by atoms with van der Waals surface area (Å²) in [7, 11) is 0. The Hall–Kier alpha value is -0.420. The first-order chi connectivity index (χ1) is 8.02. The summed E-state index contributed by atoms with van der Waals surface area (Å²) in [6, 6.07) is 5.51. The van der Waals surface area contributed by atoms with Crippen LogP contribution in [0.3, 0.4) is 0 Å². The fourth-order valence-electron chi connectivity index (χ4n) is 1.30. The van der Waals surface area contributed by atoms with E-state index in [-0.39, 0.29) is 18.3 Å². The van der Waals surface area contributed by atoms with Gasteiger partial charge >= 0.3 is 0 Å². The van der Waals surface area contributed by atoms with Gasteiger partial charge in [0.05, 0.1) is 5.69 Å². The molecule has 0 aliphatic rings. The standard InChI is InChI=1S/C12H17ClN2OS.ClH/c1-8(2)17-11-4-3-9(13)7-10(11)15-12(16)5-6-14;/h3-4,7-8H,5-6,14H2,1-2H3,(H,15,16);1H. The Morgan fingerprint density at radius 2 is 2.17 bits per heavy atom. The number of anilines is 1. The van der Waals surface area contributed by atoms with Crippen LogP contribution in [-0.4, -0.2) is 17.7 Å². The van der Waals surface area contributed by atoms with E-state index in [1.54, 1.807) is 17.8 Å². The van der Waals surface area contributed by atoms with Crippen molar-refractivity contribution in [2.75, 3.05) is 11.9 Å². The quantitative estimate of drug-likeness (QED) is 0.818. The fraction of sp³-hybridized carbons (Fsp3) is 0.417. The molecule has 3 N–H and O–H groups in total. The summed E-state index contributed by atoms with van der Waals surface area (Å²) in [6.45, 7) is 4.55. The smallest absolute Gasteiger partial charge is 0.225 e. The van der Waals surface area contributed by atoms with E-state index in [4.69, 9.17) is 17.3 Å². The first-order valence-electron chi connectivity index (χ1n) is 5.49. The first-order valence-corrected chi connectivity index (χ1v) is 6.75. The van der Waals surface area contributed by atoms with Gasteiger partial charge in [0.2, 0.25) is 5.91 Å². The molecule has 0 aromatic heterocycles. The van der Waals surface area contributed by atoms with Crippen LogP contribution in [0.1, 0.15) is 20.3 Å². The predicted octanol–water partition coefficient (Wildman–Crippen LogP) is 3.55. The second-order valence-electron chi connectivity index (χ2n) is 3.89. The third-order valence-corrected chi connectivity index (χ3v) is 3.27. The Kier molecular flexibility index (Phi) is 8.44. The molecule has 1 aromatic rings. The zero-order valence-corrected chi connectivity index (χ0v) is 12.8. The third-order valence-electron chi connectivity index (χ3n) is 1.95. The van der Waals surface area contributed by atoms with Gasteiger partial charge in [-0.2, -0.15) is 0 Å². The number of benzene rings is 1. The number of carbonyl (C=O) groups excluding carboxylic acids is 1. The van der Waals surface area contributed by atoms with Crippen molar-refractivity contribution in [1.82, 2.24) is 0 Å². The molecule has 0 aliphatic heterocycles. The molecule has 0 radical (unpaired) electrons. The number of nitrogens with one attached hydrogen (secondary N) is 1. The van der Waals surface area contributed by atoms with Crippen LogP contribution in [0.15, 0.2) is 23.1 Å². The minimum absolute atomic E-state index is 0. The van der Waals surface area contributed by atoms with Crippen molar-refractivity contribution in [2.45, 2.75) is 30.4 Å². The first kappa shape index (κ1) is 17.6. The van der Waals surface area contributed by atoms with Crippen molar-refractivity contribution >= 4 is 47.4 Å². The number of hydrogen-bond acceptors (Lipinski definition) is 3. The van der Waals surface area contributed by atoms with Gasteiger partial charge < -0.3 is 11.1 Å². The number of halogens is 2. The molecule has 0 spiro atoms. The highest BCUT2D eigenvalue weighted by atomic mass is 35.5. The molecule has 6 heteroatoms. The molecular weight excluding hydrogens is 291 g/mol. The van der Waals surface area contributed by atoms with Crippen LogP contribution >= 0.6 is 35.8 Å². The summed E-state index contributed by atoms with van der Waals surface area (Å²) in [5.41, 5.74) is 6.10. The minimum atomic E-state index is -0.0830. The van der Waals surface area contributed by atoms with E-state index < -0.39 is 0 Å². The Labute approximate surface area is 123 Å². The van der Waals surface area contributed by atoms with E-state index in [2.05, 4.69) is 19.2 Å². The number of hydrogen-bond donors (Lipinski definition) is 2. The average Bonchev–Trinajstić information content (AvgIpc) is 2.22. The topological polar surface area (TPSA) is 55.1 Å². The summed E-state index contributed by atoms with van der Waals surface area (Å²) in [6.07, 6.45) is 0.318. The molecule has 18 heavy (non-hydrogen) atoms. The van der Waals surface area contributed by atoms with Crippen LogP contribution in [0.4, 0.5) is 5.69 Å².